The predicted molar refractivity (Wildman–Crippen MR) is 104 cm³/mol. The SMILES string of the molecule is CC(=O)NC(CC(=O)Nc1ccccc1SCCC#N)c1ccccc1. The molecule has 1 unspecified atom stereocenters. The zero-order valence-corrected chi connectivity index (χ0v) is 15.4. The number of hydrogen-bond acceptors (Lipinski definition) is 4. The molecular weight excluding hydrogens is 346 g/mol. The molecule has 1 atom stereocenters. The fourth-order valence-electron chi connectivity index (χ4n) is 2.47. The van der Waals surface area contributed by atoms with E-state index in [1.807, 2.05) is 54.6 Å². The van der Waals surface area contributed by atoms with Gasteiger partial charge in [-0.2, -0.15) is 5.26 Å². The number of carbonyl (C=O) groups is 2. The van der Waals surface area contributed by atoms with E-state index in [0.29, 0.717) is 12.2 Å². The second-order valence-corrected chi connectivity index (χ2v) is 6.81. The highest BCUT2D eigenvalue weighted by Gasteiger charge is 2.17. The summed E-state index contributed by atoms with van der Waals surface area (Å²) < 4.78 is 0. The molecule has 2 amide bonds. The Morgan fingerprint density at radius 1 is 1.12 bits per heavy atom. The number of rotatable bonds is 8. The summed E-state index contributed by atoms with van der Waals surface area (Å²) in [5.41, 5.74) is 1.60. The molecule has 2 N–H and O–H groups in total. The number of amides is 2. The molecule has 0 aliphatic heterocycles. The molecule has 5 nitrogen and oxygen atoms in total. The number of hydrogen-bond donors (Lipinski definition) is 2. The first-order valence-electron chi connectivity index (χ1n) is 8.31. The summed E-state index contributed by atoms with van der Waals surface area (Å²) in [5, 5.41) is 14.4. The molecule has 0 heterocycles. The van der Waals surface area contributed by atoms with E-state index in [4.69, 9.17) is 5.26 Å². The minimum Gasteiger partial charge on any atom is -0.349 e. The van der Waals surface area contributed by atoms with Gasteiger partial charge in [-0.3, -0.25) is 9.59 Å². The fraction of sp³-hybridized carbons (Fsp3) is 0.250. The van der Waals surface area contributed by atoms with Crippen molar-refractivity contribution in [1.82, 2.24) is 5.32 Å². The van der Waals surface area contributed by atoms with Crippen molar-refractivity contribution in [3.8, 4) is 6.07 Å². The normalized spacial score (nSPS) is 11.2. The van der Waals surface area contributed by atoms with Crippen LogP contribution in [0.1, 0.15) is 31.4 Å². The number of para-hydroxylation sites is 1. The number of nitriles is 1. The van der Waals surface area contributed by atoms with Crippen LogP contribution in [0.4, 0.5) is 5.69 Å². The van der Waals surface area contributed by atoms with Crippen molar-refractivity contribution < 1.29 is 9.59 Å². The van der Waals surface area contributed by atoms with Gasteiger partial charge in [-0.25, -0.2) is 0 Å². The minimum atomic E-state index is -0.382. The molecule has 26 heavy (non-hydrogen) atoms. The number of nitrogens with one attached hydrogen (secondary N) is 2. The third kappa shape index (κ3) is 6.26. The molecule has 2 rings (SSSR count). The Kier molecular flexibility index (Phi) is 7.72. The van der Waals surface area contributed by atoms with Gasteiger partial charge in [0.15, 0.2) is 0 Å². The average Bonchev–Trinajstić information content (AvgIpc) is 2.63. The Balaban J connectivity index is 2.06. The van der Waals surface area contributed by atoms with Crippen molar-refractivity contribution in [1.29, 1.82) is 5.26 Å². The molecule has 0 bridgehead atoms. The lowest BCUT2D eigenvalue weighted by Crippen LogP contribution is -2.29. The van der Waals surface area contributed by atoms with Crippen LogP contribution in [0.2, 0.25) is 0 Å². The van der Waals surface area contributed by atoms with Crippen LogP contribution in [0.25, 0.3) is 0 Å². The lowest BCUT2D eigenvalue weighted by Gasteiger charge is -2.18. The lowest BCUT2D eigenvalue weighted by molar-refractivity contribution is -0.120. The molecule has 0 saturated heterocycles. The Labute approximate surface area is 157 Å². The second-order valence-electron chi connectivity index (χ2n) is 5.67. The van der Waals surface area contributed by atoms with E-state index in [1.165, 1.54) is 18.7 Å². The maximum absolute atomic E-state index is 12.5. The summed E-state index contributed by atoms with van der Waals surface area (Å²) in [6.07, 6.45) is 0.590. The van der Waals surface area contributed by atoms with Crippen LogP contribution in [0.5, 0.6) is 0 Å². The van der Waals surface area contributed by atoms with Crippen molar-refractivity contribution in [2.24, 2.45) is 0 Å². The zero-order valence-electron chi connectivity index (χ0n) is 14.6. The van der Waals surface area contributed by atoms with E-state index in [2.05, 4.69) is 16.7 Å². The summed E-state index contributed by atoms with van der Waals surface area (Å²) in [6.45, 7) is 1.44. The molecule has 0 radical (unpaired) electrons. The number of carbonyl (C=O) groups excluding carboxylic acids is 2. The predicted octanol–water partition coefficient (Wildman–Crippen LogP) is 3.90. The highest BCUT2D eigenvalue weighted by Crippen LogP contribution is 2.28. The maximum atomic E-state index is 12.5. The quantitative estimate of drug-likeness (QED) is 0.548. The molecule has 6 heteroatoms. The summed E-state index contributed by atoms with van der Waals surface area (Å²) in [7, 11) is 0. The van der Waals surface area contributed by atoms with Gasteiger partial charge in [0, 0.05) is 24.0 Å². The Bertz CT molecular complexity index is 787. The third-order valence-corrected chi connectivity index (χ3v) is 4.68. The van der Waals surface area contributed by atoms with Crippen molar-refractivity contribution in [2.45, 2.75) is 30.7 Å². The molecule has 0 saturated carbocycles. The lowest BCUT2D eigenvalue weighted by atomic mass is 10.0. The van der Waals surface area contributed by atoms with Crippen LogP contribution in [0.15, 0.2) is 59.5 Å². The summed E-state index contributed by atoms with van der Waals surface area (Å²) in [5.74, 6) is 0.308. The Hall–Kier alpha value is -2.78. The van der Waals surface area contributed by atoms with Gasteiger partial charge in [0.25, 0.3) is 0 Å². The van der Waals surface area contributed by atoms with Gasteiger partial charge in [-0.1, -0.05) is 42.5 Å². The first kappa shape index (κ1) is 19.5. The van der Waals surface area contributed by atoms with Crippen molar-refractivity contribution >= 4 is 29.3 Å². The Morgan fingerprint density at radius 2 is 1.81 bits per heavy atom. The molecule has 2 aromatic carbocycles. The second kappa shape index (κ2) is 10.3. The van der Waals surface area contributed by atoms with E-state index in [9.17, 15) is 9.59 Å². The first-order valence-corrected chi connectivity index (χ1v) is 9.29. The van der Waals surface area contributed by atoms with Crippen LogP contribution < -0.4 is 10.6 Å². The van der Waals surface area contributed by atoms with Crippen LogP contribution in [0.3, 0.4) is 0 Å². The number of anilines is 1. The van der Waals surface area contributed by atoms with Gasteiger partial charge in [0.2, 0.25) is 11.8 Å². The average molecular weight is 367 g/mol. The molecule has 0 aliphatic carbocycles. The maximum Gasteiger partial charge on any atom is 0.226 e. The number of thioether (sulfide) groups is 1. The van der Waals surface area contributed by atoms with E-state index >= 15 is 0 Å². The zero-order chi connectivity index (χ0) is 18.8. The largest absolute Gasteiger partial charge is 0.349 e. The van der Waals surface area contributed by atoms with E-state index in [-0.39, 0.29) is 24.3 Å². The van der Waals surface area contributed by atoms with E-state index in [0.717, 1.165) is 16.1 Å². The van der Waals surface area contributed by atoms with Gasteiger partial charge in [-0.05, 0) is 17.7 Å². The van der Waals surface area contributed by atoms with Crippen LogP contribution >= 0.6 is 11.8 Å². The van der Waals surface area contributed by atoms with Gasteiger partial charge < -0.3 is 10.6 Å². The molecule has 134 valence electrons. The topological polar surface area (TPSA) is 82.0 Å². The molecule has 0 spiro atoms. The number of nitrogens with zero attached hydrogens (tertiary/aromatic N) is 1. The minimum absolute atomic E-state index is 0.140. The molecule has 0 aliphatic rings. The van der Waals surface area contributed by atoms with Gasteiger partial charge in [-0.15, -0.1) is 11.8 Å². The highest BCUT2D eigenvalue weighted by atomic mass is 32.2. The molecule has 0 aromatic heterocycles. The first-order chi connectivity index (χ1) is 12.6. The fourth-order valence-corrected chi connectivity index (χ4v) is 3.33. The van der Waals surface area contributed by atoms with E-state index in [1.54, 1.807) is 0 Å². The highest BCUT2D eigenvalue weighted by molar-refractivity contribution is 7.99. The smallest absolute Gasteiger partial charge is 0.226 e. The Morgan fingerprint density at radius 3 is 2.50 bits per heavy atom. The van der Waals surface area contributed by atoms with Gasteiger partial charge >= 0.3 is 0 Å². The van der Waals surface area contributed by atoms with Crippen LogP contribution in [0, 0.1) is 11.3 Å². The van der Waals surface area contributed by atoms with Crippen molar-refractivity contribution in [3.05, 3.63) is 60.2 Å². The van der Waals surface area contributed by atoms with Crippen LogP contribution in [-0.2, 0) is 9.59 Å². The van der Waals surface area contributed by atoms with Crippen molar-refractivity contribution in [3.63, 3.8) is 0 Å². The monoisotopic (exact) mass is 367 g/mol. The van der Waals surface area contributed by atoms with E-state index < -0.39 is 0 Å². The van der Waals surface area contributed by atoms with Crippen LogP contribution in [-0.4, -0.2) is 17.6 Å². The number of benzene rings is 2. The standard InChI is InChI=1S/C20H21N3O2S/c1-15(24)22-18(16-8-3-2-4-9-16)14-20(25)23-17-10-5-6-11-19(17)26-13-7-12-21/h2-6,8-11,18H,7,13-14H2,1H3,(H,22,24)(H,23,25). The molecule has 0 fully saturated rings. The summed E-state index contributed by atoms with van der Waals surface area (Å²) >= 11 is 1.53. The summed E-state index contributed by atoms with van der Waals surface area (Å²) in [6, 6.07) is 18.7. The van der Waals surface area contributed by atoms with Crippen molar-refractivity contribution in [2.75, 3.05) is 11.1 Å². The van der Waals surface area contributed by atoms with Gasteiger partial charge in [0.05, 0.1) is 24.2 Å². The van der Waals surface area contributed by atoms with Gasteiger partial charge in [0.1, 0.15) is 0 Å². The summed E-state index contributed by atoms with van der Waals surface area (Å²) in [4.78, 5) is 25.0. The molecule has 2 aromatic rings. The third-order valence-electron chi connectivity index (χ3n) is 3.60. The molecular formula is C20H21N3O2S.